The molecule has 0 saturated carbocycles. The first-order valence-electron chi connectivity index (χ1n) is 8.33. The van der Waals surface area contributed by atoms with Crippen LogP contribution in [0, 0.1) is 0 Å². The minimum absolute atomic E-state index is 0.150. The maximum atomic E-state index is 6.06. The summed E-state index contributed by atoms with van der Waals surface area (Å²) >= 11 is 6.01. The summed E-state index contributed by atoms with van der Waals surface area (Å²) in [6.07, 6.45) is 7.64. The molecule has 0 amide bonds. The lowest BCUT2D eigenvalue weighted by atomic mass is 10.0. The standard InChI is InChI=1S/C18H30ClNO/c1-4-6-7-8-12-18(20-13-5-2)15(3)21-17-11-9-10-16(19)14-17/h9-11,14-15,18,20H,4-8,12-13H2,1-3H3. The Labute approximate surface area is 135 Å². The van der Waals surface area contributed by atoms with Crippen molar-refractivity contribution in [3.8, 4) is 5.75 Å². The fraction of sp³-hybridized carbons (Fsp3) is 0.667. The minimum atomic E-state index is 0.150. The van der Waals surface area contributed by atoms with E-state index in [-0.39, 0.29) is 6.10 Å². The van der Waals surface area contributed by atoms with Gasteiger partial charge >= 0.3 is 0 Å². The zero-order valence-electron chi connectivity index (χ0n) is 13.7. The number of hydrogen-bond donors (Lipinski definition) is 1. The predicted molar refractivity (Wildman–Crippen MR) is 92.4 cm³/mol. The molecule has 2 unspecified atom stereocenters. The summed E-state index contributed by atoms with van der Waals surface area (Å²) in [5.41, 5.74) is 0. The zero-order chi connectivity index (χ0) is 15.5. The molecule has 0 bridgehead atoms. The van der Waals surface area contributed by atoms with Crippen molar-refractivity contribution in [2.75, 3.05) is 6.54 Å². The van der Waals surface area contributed by atoms with E-state index in [0.29, 0.717) is 6.04 Å². The van der Waals surface area contributed by atoms with Gasteiger partial charge in [0.25, 0.3) is 0 Å². The Morgan fingerprint density at radius 1 is 1.14 bits per heavy atom. The number of unbranched alkanes of at least 4 members (excludes halogenated alkanes) is 3. The average molecular weight is 312 g/mol. The topological polar surface area (TPSA) is 21.3 Å². The molecule has 2 nitrogen and oxygen atoms in total. The summed E-state index contributed by atoms with van der Waals surface area (Å²) in [6, 6.07) is 8.06. The van der Waals surface area contributed by atoms with E-state index in [4.69, 9.17) is 16.3 Å². The van der Waals surface area contributed by atoms with Crippen molar-refractivity contribution in [3.05, 3.63) is 29.3 Å². The monoisotopic (exact) mass is 311 g/mol. The van der Waals surface area contributed by atoms with E-state index in [0.717, 1.165) is 23.7 Å². The molecule has 0 aliphatic heterocycles. The maximum Gasteiger partial charge on any atom is 0.121 e. The van der Waals surface area contributed by atoms with Crippen molar-refractivity contribution < 1.29 is 4.74 Å². The second-order valence-electron chi connectivity index (χ2n) is 5.69. The van der Waals surface area contributed by atoms with Crippen molar-refractivity contribution >= 4 is 11.6 Å². The highest BCUT2D eigenvalue weighted by atomic mass is 35.5. The second-order valence-corrected chi connectivity index (χ2v) is 6.13. The Hall–Kier alpha value is -0.730. The molecule has 120 valence electrons. The number of rotatable bonds is 11. The van der Waals surface area contributed by atoms with Crippen LogP contribution in [-0.4, -0.2) is 18.7 Å². The van der Waals surface area contributed by atoms with Crippen LogP contribution >= 0.6 is 11.6 Å². The molecule has 3 heteroatoms. The van der Waals surface area contributed by atoms with E-state index in [1.165, 1.54) is 32.1 Å². The van der Waals surface area contributed by atoms with Gasteiger partial charge in [-0.2, -0.15) is 0 Å². The SMILES string of the molecule is CCCCCCC(NCCC)C(C)Oc1cccc(Cl)c1. The van der Waals surface area contributed by atoms with Crippen LogP contribution in [0.2, 0.25) is 5.02 Å². The van der Waals surface area contributed by atoms with Gasteiger partial charge in [0.1, 0.15) is 11.9 Å². The van der Waals surface area contributed by atoms with Crippen molar-refractivity contribution in [2.45, 2.75) is 71.4 Å². The Morgan fingerprint density at radius 3 is 2.62 bits per heavy atom. The van der Waals surface area contributed by atoms with E-state index < -0.39 is 0 Å². The molecule has 2 atom stereocenters. The number of hydrogen-bond acceptors (Lipinski definition) is 2. The van der Waals surface area contributed by atoms with Gasteiger partial charge in [0.05, 0.1) is 0 Å². The van der Waals surface area contributed by atoms with E-state index >= 15 is 0 Å². The van der Waals surface area contributed by atoms with Gasteiger partial charge in [-0.1, -0.05) is 57.2 Å². The third-order valence-corrected chi connectivity index (χ3v) is 3.94. The summed E-state index contributed by atoms with van der Waals surface area (Å²) in [7, 11) is 0. The summed E-state index contributed by atoms with van der Waals surface area (Å²) in [5, 5.41) is 4.35. The van der Waals surface area contributed by atoms with E-state index in [9.17, 15) is 0 Å². The first-order chi connectivity index (χ1) is 10.2. The fourth-order valence-corrected chi connectivity index (χ4v) is 2.64. The molecule has 1 aromatic carbocycles. The number of halogens is 1. The van der Waals surface area contributed by atoms with Crippen molar-refractivity contribution in [2.24, 2.45) is 0 Å². The highest BCUT2D eigenvalue weighted by Crippen LogP contribution is 2.20. The van der Waals surface area contributed by atoms with Gasteiger partial charge < -0.3 is 10.1 Å². The van der Waals surface area contributed by atoms with Crippen molar-refractivity contribution in [1.82, 2.24) is 5.32 Å². The highest BCUT2D eigenvalue weighted by Gasteiger charge is 2.17. The van der Waals surface area contributed by atoms with Gasteiger partial charge in [-0.3, -0.25) is 0 Å². The maximum absolute atomic E-state index is 6.06. The van der Waals surface area contributed by atoms with Gasteiger partial charge in [-0.15, -0.1) is 0 Å². The summed E-state index contributed by atoms with van der Waals surface area (Å²) in [6.45, 7) is 7.64. The minimum Gasteiger partial charge on any atom is -0.489 e. The summed E-state index contributed by atoms with van der Waals surface area (Å²) in [5.74, 6) is 0.854. The number of nitrogens with one attached hydrogen (secondary N) is 1. The van der Waals surface area contributed by atoms with Crippen LogP contribution < -0.4 is 10.1 Å². The van der Waals surface area contributed by atoms with Crippen molar-refractivity contribution in [1.29, 1.82) is 0 Å². The first kappa shape index (κ1) is 18.3. The van der Waals surface area contributed by atoms with Gasteiger partial charge in [0.15, 0.2) is 0 Å². The van der Waals surface area contributed by atoms with Crippen LogP contribution in [0.4, 0.5) is 0 Å². The normalized spacial score (nSPS) is 13.9. The molecule has 0 radical (unpaired) electrons. The third kappa shape index (κ3) is 7.73. The molecular weight excluding hydrogens is 282 g/mol. The van der Waals surface area contributed by atoms with Crippen LogP contribution in [-0.2, 0) is 0 Å². The van der Waals surface area contributed by atoms with E-state index in [1.807, 2.05) is 24.3 Å². The molecule has 21 heavy (non-hydrogen) atoms. The Balaban J connectivity index is 2.50. The van der Waals surface area contributed by atoms with Crippen LogP contribution in [0.15, 0.2) is 24.3 Å². The van der Waals surface area contributed by atoms with Crippen molar-refractivity contribution in [3.63, 3.8) is 0 Å². The van der Waals surface area contributed by atoms with Gasteiger partial charge in [0.2, 0.25) is 0 Å². The lowest BCUT2D eigenvalue weighted by Gasteiger charge is -2.26. The second kappa shape index (κ2) is 10.9. The van der Waals surface area contributed by atoms with Crippen LogP contribution in [0.25, 0.3) is 0 Å². The Bertz CT molecular complexity index is 383. The number of ether oxygens (including phenoxy) is 1. The first-order valence-corrected chi connectivity index (χ1v) is 8.70. The Kier molecular flexibility index (Phi) is 9.53. The lowest BCUT2D eigenvalue weighted by Crippen LogP contribution is -2.41. The smallest absolute Gasteiger partial charge is 0.121 e. The molecule has 0 fully saturated rings. The zero-order valence-corrected chi connectivity index (χ0v) is 14.5. The molecule has 0 aliphatic carbocycles. The van der Waals surface area contributed by atoms with Crippen LogP contribution in [0.5, 0.6) is 5.75 Å². The van der Waals surface area contributed by atoms with Gasteiger partial charge in [-0.25, -0.2) is 0 Å². The fourth-order valence-electron chi connectivity index (χ4n) is 2.46. The summed E-state index contributed by atoms with van der Waals surface area (Å²) in [4.78, 5) is 0. The molecule has 1 aromatic rings. The van der Waals surface area contributed by atoms with Gasteiger partial charge in [-0.05, 0) is 44.5 Å². The lowest BCUT2D eigenvalue weighted by molar-refractivity contribution is 0.162. The third-order valence-electron chi connectivity index (χ3n) is 3.71. The molecule has 0 aromatic heterocycles. The molecule has 1 rings (SSSR count). The van der Waals surface area contributed by atoms with Crippen LogP contribution in [0.1, 0.15) is 59.3 Å². The summed E-state index contributed by atoms with van der Waals surface area (Å²) < 4.78 is 6.06. The molecule has 0 saturated heterocycles. The molecule has 1 N–H and O–H groups in total. The molecular formula is C18H30ClNO. The Morgan fingerprint density at radius 2 is 1.95 bits per heavy atom. The van der Waals surface area contributed by atoms with E-state index in [2.05, 4.69) is 26.1 Å². The quantitative estimate of drug-likeness (QED) is 0.549. The predicted octanol–water partition coefficient (Wildman–Crippen LogP) is 5.45. The van der Waals surface area contributed by atoms with Gasteiger partial charge in [0, 0.05) is 11.1 Å². The molecule has 0 aliphatic rings. The van der Waals surface area contributed by atoms with E-state index in [1.54, 1.807) is 0 Å². The average Bonchev–Trinajstić information content (AvgIpc) is 2.46. The largest absolute Gasteiger partial charge is 0.489 e. The van der Waals surface area contributed by atoms with Crippen LogP contribution in [0.3, 0.4) is 0 Å². The number of benzene rings is 1. The molecule has 0 heterocycles. The highest BCUT2D eigenvalue weighted by molar-refractivity contribution is 6.30. The molecule has 0 spiro atoms.